The molecule has 10 heteroatoms. The Morgan fingerprint density at radius 2 is 1.88 bits per heavy atom. The van der Waals surface area contributed by atoms with Gasteiger partial charge in [-0.1, -0.05) is 37.3 Å². The number of hydrogen-bond acceptors (Lipinski definition) is 5. The average Bonchev–Trinajstić information content (AvgIpc) is 2.52. The first-order valence-corrected chi connectivity index (χ1v) is 8.71. The first-order valence-electron chi connectivity index (χ1n) is 7.30. The van der Waals surface area contributed by atoms with Crippen molar-refractivity contribution in [3.8, 4) is 0 Å². The van der Waals surface area contributed by atoms with E-state index in [0.717, 1.165) is 5.56 Å². The number of carbonyl (C=O) groups excluding carboxylic acids is 1. The maximum atomic E-state index is 12.3. The summed E-state index contributed by atoms with van der Waals surface area (Å²) < 4.78 is 67.9. The number of allylic oxidation sites excluding steroid dienone is 1. The van der Waals surface area contributed by atoms with Crippen LogP contribution in [0, 0.1) is 0 Å². The lowest BCUT2D eigenvalue weighted by Gasteiger charge is -2.13. The minimum atomic E-state index is -5.73. The molecule has 1 N–H and O–H groups in total. The summed E-state index contributed by atoms with van der Waals surface area (Å²) in [4.78, 5) is 11.5. The minimum absolute atomic E-state index is 0.0310. The molecule has 0 aromatic heterocycles. The Kier molecular flexibility index (Phi) is 7.75. The molecular formula is C15H18F3NO5S. The fourth-order valence-electron chi connectivity index (χ4n) is 1.66. The third-order valence-electron chi connectivity index (χ3n) is 2.79. The van der Waals surface area contributed by atoms with Crippen LogP contribution in [0.25, 0.3) is 0 Å². The Morgan fingerprint density at radius 1 is 1.24 bits per heavy atom. The standard InChI is InChI=1S/C15H18F3NO5S/c1-2-6-13(24-25(21,22)15(16,17)18)9-10-19-14(20)23-11-12-7-4-3-5-8-12/h3-8H,2,9-11H2,1H3,(H,19,20)/b13-6+. The van der Waals surface area contributed by atoms with Gasteiger partial charge in [0, 0.05) is 13.0 Å². The number of halogens is 3. The van der Waals surface area contributed by atoms with Gasteiger partial charge < -0.3 is 14.2 Å². The zero-order valence-corrected chi connectivity index (χ0v) is 14.2. The van der Waals surface area contributed by atoms with Gasteiger partial charge in [-0.3, -0.25) is 0 Å². The van der Waals surface area contributed by atoms with Gasteiger partial charge in [-0.2, -0.15) is 21.6 Å². The van der Waals surface area contributed by atoms with E-state index in [1.54, 1.807) is 37.3 Å². The molecule has 0 aliphatic carbocycles. The van der Waals surface area contributed by atoms with Gasteiger partial charge >= 0.3 is 21.7 Å². The second-order valence-corrected chi connectivity index (χ2v) is 6.34. The zero-order valence-electron chi connectivity index (χ0n) is 13.4. The lowest BCUT2D eigenvalue weighted by atomic mass is 10.2. The molecule has 0 radical (unpaired) electrons. The third kappa shape index (κ3) is 7.46. The Labute approximate surface area is 143 Å². The van der Waals surface area contributed by atoms with Crippen LogP contribution in [0.3, 0.4) is 0 Å². The van der Waals surface area contributed by atoms with Gasteiger partial charge in [0.05, 0.1) is 0 Å². The highest BCUT2D eigenvalue weighted by Gasteiger charge is 2.48. The largest absolute Gasteiger partial charge is 0.534 e. The van der Waals surface area contributed by atoms with Crippen LogP contribution in [0.2, 0.25) is 0 Å². The number of alkyl halides is 3. The summed E-state index contributed by atoms with van der Waals surface area (Å²) in [6.45, 7) is 1.49. The highest BCUT2D eigenvalue weighted by Crippen LogP contribution is 2.27. The molecule has 0 atom stereocenters. The molecule has 1 amide bonds. The van der Waals surface area contributed by atoms with Crippen molar-refractivity contribution < 1.29 is 35.3 Å². The monoisotopic (exact) mass is 381 g/mol. The number of hydrogen-bond donors (Lipinski definition) is 1. The molecule has 140 valence electrons. The van der Waals surface area contributed by atoms with E-state index in [0.29, 0.717) is 0 Å². The van der Waals surface area contributed by atoms with Gasteiger partial charge in [0.25, 0.3) is 0 Å². The fraction of sp³-hybridized carbons (Fsp3) is 0.400. The number of ether oxygens (including phenoxy) is 1. The highest BCUT2D eigenvalue weighted by molar-refractivity contribution is 7.87. The smallest absolute Gasteiger partial charge is 0.445 e. The third-order valence-corrected chi connectivity index (χ3v) is 3.79. The number of nitrogens with one attached hydrogen (secondary N) is 1. The van der Waals surface area contributed by atoms with Crippen LogP contribution in [0.5, 0.6) is 0 Å². The van der Waals surface area contributed by atoms with Gasteiger partial charge in [0.15, 0.2) is 0 Å². The average molecular weight is 381 g/mol. The predicted molar refractivity (Wildman–Crippen MR) is 83.7 cm³/mol. The van der Waals surface area contributed by atoms with Gasteiger partial charge in [0.1, 0.15) is 12.4 Å². The maximum absolute atomic E-state index is 12.3. The molecule has 0 spiro atoms. The summed E-state index contributed by atoms with van der Waals surface area (Å²) in [5, 5.41) is 2.31. The molecule has 0 saturated carbocycles. The molecule has 0 aliphatic heterocycles. The summed E-state index contributed by atoms with van der Waals surface area (Å²) in [5.74, 6) is -0.400. The van der Waals surface area contributed by atoms with Crippen LogP contribution in [0.1, 0.15) is 25.3 Å². The lowest BCUT2D eigenvalue weighted by molar-refractivity contribution is -0.0523. The summed E-state index contributed by atoms with van der Waals surface area (Å²) in [6, 6.07) is 8.87. The lowest BCUT2D eigenvalue weighted by Crippen LogP contribution is -2.28. The first kappa shape index (κ1) is 20.8. The topological polar surface area (TPSA) is 81.7 Å². The van der Waals surface area contributed by atoms with Gasteiger partial charge in [-0.15, -0.1) is 0 Å². The fourth-order valence-corrected chi connectivity index (χ4v) is 2.18. The van der Waals surface area contributed by atoms with Crippen molar-refractivity contribution in [1.82, 2.24) is 5.32 Å². The first-order chi connectivity index (χ1) is 11.7. The summed E-state index contributed by atoms with van der Waals surface area (Å²) in [7, 11) is -5.73. The van der Waals surface area contributed by atoms with E-state index in [-0.39, 0.29) is 26.0 Å². The Hall–Kier alpha value is -2.23. The van der Waals surface area contributed by atoms with Gasteiger partial charge in [-0.05, 0) is 18.1 Å². The van der Waals surface area contributed by atoms with Crippen molar-refractivity contribution in [1.29, 1.82) is 0 Å². The number of carbonyl (C=O) groups is 1. The molecular weight excluding hydrogens is 363 g/mol. The highest BCUT2D eigenvalue weighted by atomic mass is 32.2. The van der Waals surface area contributed by atoms with Crippen LogP contribution in [0.15, 0.2) is 42.2 Å². The van der Waals surface area contributed by atoms with Crippen LogP contribution in [-0.4, -0.2) is 26.6 Å². The Balaban J connectivity index is 2.45. The second kappa shape index (κ2) is 9.30. The Morgan fingerprint density at radius 3 is 2.44 bits per heavy atom. The van der Waals surface area contributed by atoms with Crippen LogP contribution in [0.4, 0.5) is 18.0 Å². The van der Waals surface area contributed by atoms with Crippen LogP contribution < -0.4 is 5.32 Å². The zero-order chi connectivity index (χ0) is 18.9. The van der Waals surface area contributed by atoms with Gasteiger partial charge in [0.2, 0.25) is 0 Å². The van der Waals surface area contributed by atoms with Crippen molar-refractivity contribution in [2.45, 2.75) is 31.9 Å². The molecule has 1 aromatic rings. The molecule has 25 heavy (non-hydrogen) atoms. The number of benzene rings is 1. The van der Waals surface area contributed by atoms with Gasteiger partial charge in [-0.25, -0.2) is 4.79 Å². The number of alkyl carbamates (subject to hydrolysis) is 1. The Bertz CT molecular complexity index is 687. The summed E-state index contributed by atoms with van der Waals surface area (Å²) in [5.41, 5.74) is -4.74. The SMILES string of the molecule is CC/C=C(\CCNC(=O)OCc1ccccc1)OS(=O)(=O)C(F)(F)F. The van der Waals surface area contributed by atoms with Crippen LogP contribution >= 0.6 is 0 Å². The van der Waals surface area contributed by atoms with E-state index in [2.05, 4.69) is 9.50 Å². The molecule has 0 heterocycles. The van der Waals surface area contributed by atoms with E-state index in [4.69, 9.17) is 4.74 Å². The molecule has 6 nitrogen and oxygen atoms in total. The molecule has 0 bridgehead atoms. The van der Waals surface area contributed by atoms with E-state index in [1.807, 2.05) is 0 Å². The van der Waals surface area contributed by atoms with Crippen molar-refractivity contribution in [2.24, 2.45) is 0 Å². The van der Waals surface area contributed by atoms with Crippen molar-refractivity contribution >= 4 is 16.2 Å². The van der Waals surface area contributed by atoms with E-state index < -0.39 is 27.5 Å². The minimum Gasteiger partial charge on any atom is -0.445 e. The molecule has 1 rings (SSSR count). The normalized spacial score (nSPS) is 12.6. The predicted octanol–water partition coefficient (Wildman–Crippen LogP) is 3.46. The van der Waals surface area contributed by atoms with Crippen molar-refractivity contribution in [2.75, 3.05) is 6.54 Å². The van der Waals surface area contributed by atoms with Crippen LogP contribution in [-0.2, 0) is 25.6 Å². The number of rotatable bonds is 8. The van der Waals surface area contributed by atoms with E-state index >= 15 is 0 Å². The van der Waals surface area contributed by atoms with Crippen molar-refractivity contribution in [3.63, 3.8) is 0 Å². The maximum Gasteiger partial charge on any atom is 0.534 e. The quantitative estimate of drug-likeness (QED) is 0.424. The number of amides is 1. The molecule has 0 unspecified atom stereocenters. The molecule has 0 fully saturated rings. The second-order valence-electron chi connectivity index (χ2n) is 4.80. The van der Waals surface area contributed by atoms with E-state index in [1.165, 1.54) is 6.08 Å². The van der Waals surface area contributed by atoms with E-state index in [9.17, 15) is 26.4 Å². The summed E-state index contributed by atoms with van der Waals surface area (Å²) >= 11 is 0. The molecule has 1 aromatic carbocycles. The summed E-state index contributed by atoms with van der Waals surface area (Å²) in [6.07, 6.45) is 0.448. The van der Waals surface area contributed by atoms with Crippen molar-refractivity contribution in [3.05, 3.63) is 47.7 Å². The molecule has 0 aliphatic rings. The molecule has 0 saturated heterocycles.